The van der Waals surface area contributed by atoms with Gasteiger partial charge in [0.15, 0.2) is 0 Å². The van der Waals surface area contributed by atoms with Gasteiger partial charge in [0.1, 0.15) is 17.5 Å². The van der Waals surface area contributed by atoms with Crippen LogP contribution in [-0.2, 0) is 0 Å². The lowest BCUT2D eigenvalue weighted by molar-refractivity contribution is 0.304. The summed E-state index contributed by atoms with van der Waals surface area (Å²) < 4.78 is 27.0. The lowest BCUT2D eigenvalue weighted by Crippen LogP contribution is -2.31. The molecule has 1 rings (SSSR count). The molecule has 0 aliphatic heterocycles. The number of oxime groups is 1. The van der Waals surface area contributed by atoms with Crippen LogP contribution in [-0.4, -0.2) is 17.6 Å². The quantitative estimate of drug-likeness (QED) is 0.171. The number of rotatable bonds is 7. The standard InChI is InChI=1S/C14H20BrF2N3O/c1-14(2,13(18)20-21)5-3-4-6-19-12-8-10(16)9(15)7-11(12)17/h7-8,19,21H,3-6H2,1-2H3,(H2,18,20). The van der Waals surface area contributed by atoms with Crippen LogP contribution >= 0.6 is 15.9 Å². The highest BCUT2D eigenvalue weighted by Gasteiger charge is 2.22. The third-order valence-electron chi connectivity index (χ3n) is 3.36. The lowest BCUT2D eigenvalue weighted by atomic mass is 9.86. The van der Waals surface area contributed by atoms with Crippen molar-refractivity contribution in [2.75, 3.05) is 11.9 Å². The van der Waals surface area contributed by atoms with Crippen LogP contribution < -0.4 is 11.1 Å². The van der Waals surface area contributed by atoms with Crippen molar-refractivity contribution in [1.29, 1.82) is 0 Å². The van der Waals surface area contributed by atoms with Gasteiger partial charge in [0.05, 0.1) is 10.2 Å². The molecule has 0 saturated carbocycles. The normalized spacial score (nSPS) is 12.5. The van der Waals surface area contributed by atoms with E-state index >= 15 is 0 Å². The van der Waals surface area contributed by atoms with E-state index in [0.29, 0.717) is 6.54 Å². The molecule has 4 nitrogen and oxygen atoms in total. The molecule has 1 aromatic rings. The average Bonchev–Trinajstić information content (AvgIpc) is 2.42. The van der Waals surface area contributed by atoms with E-state index in [1.165, 1.54) is 0 Å². The van der Waals surface area contributed by atoms with Crippen LogP contribution in [0.2, 0.25) is 0 Å². The maximum Gasteiger partial charge on any atom is 0.147 e. The van der Waals surface area contributed by atoms with Gasteiger partial charge in [-0.25, -0.2) is 8.78 Å². The van der Waals surface area contributed by atoms with Gasteiger partial charge in [-0.15, -0.1) is 0 Å². The van der Waals surface area contributed by atoms with E-state index in [2.05, 4.69) is 26.4 Å². The van der Waals surface area contributed by atoms with Gasteiger partial charge in [0, 0.05) is 18.0 Å². The molecule has 0 spiro atoms. The van der Waals surface area contributed by atoms with Crippen molar-refractivity contribution in [2.24, 2.45) is 16.3 Å². The molecular formula is C14H20BrF2N3O. The fourth-order valence-corrected chi connectivity index (χ4v) is 2.15. The SMILES string of the molecule is CC(C)(CCCCNc1cc(F)c(Br)cc1F)/C(N)=N/O. The summed E-state index contributed by atoms with van der Waals surface area (Å²) in [5.41, 5.74) is 5.36. The van der Waals surface area contributed by atoms with E-state index in [1.807, 2.05) is 13.8 Å². The molecule has 118 valence electrons. The third-order valence-corrected chi connectivity index (χ3v) is 3.96. The van der Waals surface area contributed by atoms with Gasteiger partial charge in [-0.1, -0.05) is 25.4 Å². The summed E-state index contributed by atoms with van der Waals surface area (Å²) in [5, 5.41) is 14.6. The Morgan fingerprint density at radius 3 is 2.62 bits per heavy atom. The summed E-state index contributed by atoms with van der Waals surface area (Å²) >= 11 is 2.93. The van der Waals surface area contributed by atoms with Crippen molar-refractivity contribution in [3.63, 3.8) is 0 Å². The molecule has 0 fully saturated rings. The topological polar surface area (TPSA) is 70.6 Å². The first kappa shape index (κ1) is 17.7. The Morgan fingerprint density at radius 2 is 2.00 bits per heavy atom. The number of hydrogen-bond acceptors (Lipinski definition) is 3. The van der Waals surface area contributed by atoms with Gasteiger partial charge in [-0.2, -0.15) is 0 Å². The molecule has 21 heavy (non-hydrogen) atoms. The second-order valence-corrected chi connectivity index (χ2v) is 6.35. The fraction of sp³-hybridized carbons (Fsp3) is 0.500. The average molecular weight is 364 g/mol. The number of amidine groups is 1. The summed E-state index contributed by atoms with van der Waals surface area (Å²) in [4.78, 5) is 0. The minimum absolute atomic E-state index is 0.103. The maximum absolute atomic E-state index is 13.6. The van der Waals surface area contributed by atoms with Crippen molar-refractivity contribution < 1.29 is 14.0 Å². The first-order chi connectivity index (χ1) is 9.77. The fourth-order valence-electron chi connectivity index (χ4n) is 1.84. The molecule has 0 unspecified atom stereocenters. The van der Waals surface area contributed by atoms with Crippen molar-refractivity contribution in [3.8, 4) is 0 Å². The molecule has 0 heterocycles. The second-order valence-electron chi connectivity index (χ2n) is 5.50. The molecule has 0 amide bonds. The van der Waals surface area contributed by atoms with Crippen molar-refractivity contribution in [1.82, 2.24) is 0 Å². The van der Waals surface area contributed by atoms with E-state index in [1.54, 1.807) is 0 Å². The monoisotopic (exact) mass is 363 g/mol. The molecule has 1 aromatic carbocycles. The number of benzene rings is 1. The smallest absolute Gasteiger partial charge is 0.147 e. The largest absolute Gasteiger partial charge is 0.409 e. The number of nitrogens with two attached hydrogens (primary N) is 1. The van der Waals surface area contributed by atoms with Crippen LogP contribution in [0.3, 0.4) is 0 Å². The van der Waals surface area contributed by atoms with Crippen LogP contribution in [0.1, 0.15) is 33.1 Å². The van der Waals surface area contributed by atoms with Gasteiger partial charge in [0.25, 0.3) is 0 Å². The lowest BCUT2D eigenvalue weighted by Gasteiger charge is -2.22. The van der Waals surface area contributed by atoms with Gasteiger partial charge in [-0.3, -0.25) is 0 Å². The number of hydrogen-bond donors (Lipinski definition) is 3. The van der Waals surface area contributed by atoms with E-state index < -0.39 is 11.6 Å². The summed E-state index contributed by atoms with van der Waals surface area (Å²) in [6, 6.07) is 2.22. The van der Waals surface area contributed by atoms with Crippen molar-refractivity contribution >= 4 is 27.5 Å². The Labute approximate surface area is 131 Å². The molecule has 0 aliphatic rings. The summed E-state index contributed by atoms with van der Waals surface area (Å²) in [6.07, 6.45) is 2.32. The summed E-state index contributed by atoms with van der Waals surface area (Å²) in [5.74, 6) is -0.816. The van der Waals surface area contributed by atoms with Crippen molar-refractivity contribution in [3.05, 3.63) is 28.2 Å². The Kier molecular flexibility index (Phi) is 6.39. The zero-order chi connectivity index (χ0) is 16.0. The first-order valence-electron chi connectivity index (χ1n) is 6.64. The highest BCUT2D eigenvalue weighted by Crippen LogP contribution is 2.25. The van der Waals surface area contributed by atoms with Gasteiger partial charge in [-0.05, 0) is 34.8 Å². The molecule has 7 heteroatoms. The number of anilines is 1. The molecule has 0 radical (unpaired) electrons. The van der Waals surface area contributed by atoms with Gasteiger partial charge in [0.2, 0.25) is 0 Å². The zero-order valence-corrected chi connectivity index (χ0v) is 13.7. The Hall–Kier alpha value is -1.37. The van der Waals surface area contributed by atoms with Gasteiger partial charge < -0.3 is 16.3 Å². The Bertz CT molecular complexity index is 521. The van der Waals surface area contributed by atoms with Crippen LogP contribution in [0.4, 0.5) is 14.5 Å². The number of nitrogens with zero attached hydrogens (tertiary/aromatic N) is 1. The predicted octanol–water partition coefficient (Wildman–Crippen LogP) is 4.08. The molecule has 0 aliphatic carbocycles. The molecule has 4 N–H and O–H groups in total. The molecule has 0 bridgehead atoms. The first-order valence-corrected chi connectivity index (χ1v) is 7.43. The Morgan fingerprint density at radius 1 is 1.33 bits per heavy atom. The van der Waals surface area contributed by atoms with E-state index in [-0.39, 0.29) is 21.4 Å². The zero-order valence-electron chi connectivity index (χ0n) is 12.1. The van der Waals surface area contributed by atoms with Gasteiger partial charge >= 0.3 is 0 Å². The van der Waals surface area contributed by atoms with Crippen molar-refractivity contribution in [2.45, 2.75) is 33.1 Å². The van der Waals surface area contributed by atoms with E-state index in [9.17, 15) is 8.78 Å². The highest BCUT2D eigenvalue weighted by atomic mass is 79.9. The summed E-state index contributed by atoms with van der Waals surface area (Å²) in [7, 11) is 0. The predicted molar refractivity (Wildman–Crippen MR) is 83.6 cm³/mol. The van der Waals surface area contributed by atoms with E-state index in [4.69, 9.17) is 10.9 Å². The second kappa shape index (κ2) is 7.59. The summed E-state index contributed by atoms with van der Waals surface area (Å²) in [6.45, 7) is 4.29. The maximum atomic E-state index is 13.6. The highest BCUT2D eigenvalue weighted by molar-refractivity contribution is 9.10. The van der Waals surface area contributed by atoms with Crippen LogP contribution in [0.15, 0.2) is 21.8 Å². The molecule has 0 saturated heterocycles. The molecule has 0 atom stereocenters. The van der Waals surface area contributed by atoms with Crippen LogP contribution in [0.25, 0.3) is 0 Å². The number of unbranched alkanes of at least 4 members (excludes halogenated alkanes) is 1. The number of halogens is 3. The minimum atomic E-state index is -0.507. The minimum Gasteiger partial charge on any atom is -0.409 e. The van der Waals surface area contributed by atoms with E-state index in [0.717, 1.165) is 31.4 Å². The van der Waals surface area contributed by atoms with Crippen LogP contribution in [0, 0.1) is 17.0 Å². The number of nitrogens with one attached hydrogen (secondary N) is 1. The third kappa shape index (κ3) is 5.15. The molecule has 0 aromatic heterocycles. The van der Waals surface area contributed by atoms with Crippen LogP contribution in [0.5, 0.6) is 0 Å². The molecular weight excluding hydrogens is 344 g/mol. The Balaban J connectivity index is 2.40.